The van der Waals surface area contributed by atoms with Crippen LogP contribution in [0.2, 0.25) is 0 Å². The Balaban J connectivity index is 2.24. The fraction of sp³-hybridized carbons (Fsp3) is 0.333. The summed E-state index contributed by atoms with van der Waals surface area (Å²) in [6, 6.07) is 19.8. The van der Waals surface area contributed by atoms with E-state index in [1.807, 2.05) is 74.5 Å². The molecule has 2 aromatic rings. The van der Waals surface area contributed by atoms with Crippen molar-refractivity contribution in [3.63, 3.8) is 0 Å². The predicted octanol–water partition coefficient (Wildman–Crippen LogP) is 3.52. The van der Waals surface area contributed by atoms with Crippen LogP contribution in [0.3, 0.4) is 0 Å². The van der Waals surface area contributed by atoms with Crippen molar-refractivity contribution in [2.75, 3.05) is 13.2 Å². The van der Waals surface area contributed by atoms with Crippen LogP contribution in [-0.4, -0.2) is 23.5 Å². The van der Waals surface area contributed by atoms with Crippen molar-refractivity contribution in [1.82, 2.24) is 0 Å². The van der Waals surface area contributed by atoms with Gasteiger partial charge in [-0.1, -0.05) is 60.7 Å². The van der Waals surface area contributed by atoms with Gasteiger partial charge in [0.1, 0.15) is 13.2 Å². The number of benzene rings is 2. The Kier molecular flexibility index (Phi) is 3.38. The highest BCUT2D eigenvalue weighted by Gasteiger charge is 2.59. The van der Waals surface area contributed by atoms with E-state index in [-0.39, 0.29) is 0 Å². The summed E-state index contributed by atoms with van der Waals surface area (Å²) >= 11 is 0. The average molecular weight is 282 g/mol. The van der Waals surface area contributed by atoms with Gasteiger partial charge in [0.15, 0.2) is 0 Å². The van der Waals surface area contributed by atoms with Crippen LogP contribution in [0.5, 0.6) is 0 Å². The van der Waals surface area contributed by atoms with Crippen molar-refractivity contribution >= 4 is 0 Å². The summed E-state index contributed by atoms with van der Waals surface area (Å²) in [5.41, 5.74) is 0.590. The second-order valence-electron chi connectivity index (χ2n) is 6.19. The van der Waals surface area contributed by atoms with E-state index >= 15 is 0 Å². The van der Waals surface area contributed by atoms with Crippen LogP contribution in [-0.2, 0) is 10.3 Å². The first-order chi connectivity index (χ1) is 10.1. The van der Waals surface area contributed by atoms with Gasteiger partial charge in [0.05, 0.1) is 0 Å². The number of rotatable bonds is 2. The van der Waals surface area contributed by atoms with Crippen LogP contribution in [0, 0.1) is 4.91 Å². The number of hydrogen-bond donors (Lipinski definition) is 0. The molecule has 108 valence electrons. The van der Waals surface area contributed by atoms with Crippen LogP contribution in [0.4, 0.5) is 0 Å². The first-order valence-electron chi connectivity index (χ1n) is 7.24. The molecule has 1 saturated heterocycles. The molecule has 1 fully saturated rings. The molecule has 0 aliphatic carbocycles. The summed E-state index contributed by atoms with van der Waals surface area (Å²) in [5.74, 6) is 0. The minimum absolute atomic E-state index is 0.369. The summed E-state index contributed by atoms with van der Waals surface area (Å²) < 4.78 is 7.05. The van der Waals surface area contributed by atoms with Gasteiger partial charge in [-0.25, -0.2) is 0 Å². The molecule has 21 heavy (non-hydrogen) atoms. The minimum atomic E-state index is -0.787. The van der Waals surface area contributed by atoms with E-state index in [0.717, 1.165) is 11.1 Å². The number of hydrogen-bond acceptors (Lipinski definition) is 2. The lowest BCUT2D eigenvalue weighted by atomic mass is 9.79. The van der Waals surface area contributed by atoms with Gasteiger partial charge in [-0.05, 0) is 0 Å². The monoisotopic (exact) mass is 282 g/mol. The standard InChI is InChI=1S/C18H20NO2/c1-17(2)13-21-14-18(19(17)20,15-9-5-3-6-10-15)16-11-7-4-8-12-16/h3-12H,13-14H2,1-2H3/q+1. The average Bonchev–Trinajstić information content (AvgIpc) is 2.52. The Morgan fingerprint density at radius 2 is 1.33 bits per heavy atom. The third-order valence-corrected chi connectivity index (χ3v) is 4.17. The molecular formula is C18H20NO2+. The summed E-state index contributed by atoms with van der Waals surface area (Å²) in [5, 5.41) is 0. The van der Waals surface area contributed by atoms with Crippen molar-refractivity contribution in [2.24, 2.45) is 0 Å². The van der Waals surface area contributed by atoms with Crippen LogP contribution in [0.15, 0.2) is 60.7 Å². The summed E-state index contributed by atoms with van der Waals surface area (Å²) in [4.78, 5) is 13.2. The normalized spacial score (nSPS) is 20.2. The third kappa shape index (κ3) is 2.18. The highest BCUT2D eigenvalue weighted by Crippen LogP contribution is 2.40. The van der Waals surface area contributed by atoms with E-state index in [1.165, 1.54) is 4.76 Å². The zero-order valence-electron chi connectivity index (χ0n) is 12.5. The molecule has 0 N–H and O–H groups in total. The zero-order chi connectivity index (χ0) is 14.9. The van der Waals surface area contributed by atoms with Crippen molar-refractivity contribution in [2.45, 2.75) is 24.9 Å². The van der Waals surface area contributed by atoms with Crippen LogP contribution in [0.1, 0.15) is 25.0 Å². The molecule has 0 bridgehead atoms. The first kappa shape index (κ1) is 14.0. The van der Waals surface area contributed by atoms with Crippen molar-refractivity contribution in [1.29, 1.82) is 0 Å². The van der Waals surface area contributed by atoms with Gasteiger partial charge in [-0.15, -0.1) is 0 Å². The Labute approximate surface area is 125 Å². The van der Waals surface area contributed by atoms with Gasteiger partial charge in [0.2, 0.25) is 5.54 Å². The second kappa shape index (κ2) is 5.08. The Bertz CT molecular complexity index is 595. The smallest absolute Gasteiger partial charge is 0.284 e. The third-order valence-electron chi connectivity index (χ3n) is 4.17. The fourth-order valence-corrected chi connectivity index (χ4v) is 3.08. The van der Waals surface area contributed by atoms with Gasteiger partial charge in [-0.3, -0.25) is 0 Å². The number of morpholine rings is 1. The quantitative estimate of drug-likeness (QED) is 0.789. The zero-order valence-corrected chi connectivity index (χ0v) is 12.5. The summed E-state index contributed by atoms with van der Waals surface area (Å²) in [6.07, 6.45) is 0. The largest absolute Gasteiger partial charge is 0.366 e. The maximum atomic E-state index is 13.2. The molecule has 1 heterocycles. The van der Waals surface area contributed by atoms with Crippen molar-refractivity contribution in [3.05, 3.63) is 76.7 Å². The lowest BCUT2D eigenvalue weighted by Crippen LogP contribution is -2.58. The molecule has 3 nitrogen and oxygen atoms in total. The molecule has 0 spiro atoms. The molecule has 0 radical (unpaired) electrons. The molecule has 1 aliphatic heterocycles. The lowest BCUT2D eigenvalue weighted by molar-refractivity contribution is -0.707. The maximum absolute atomic E-state index is 13.2. The number of ether oxygens (including phenoxy) is 1. The summed E-state index contributed by atoms with van der Waals surface area (Å²) in [6.45, 7) is 4.67. The molecule has 3 heteroatoms. The number of nitrogens with zero attached hydrogens (tertiary/aromatic N) is 1. The van der Waals surface area contributed by atoms with Gasteiger partial charge < -0.3 is 4.74 Å². The maximum Gasteiger partial charge on any atom is 0.284 e. The molecule has 0 amide bonds. The molecule has 1 aliphatic rings. The SMILES string of the molecule is CC1(C)COCC(c2ccccc2)(c2ccccc2)[N+]1=O. The van der Waals surface area contributed by atoms with Gasteiger partial charge in [0, 0.05) is 34.6 Å². The van der Waals surface area contributed by atoms with E-state index in [1.54, 1.807) is 0 Å². The van der Waals surface area contributed by atoms with E-state index in [9.17, 15) is 4.91 Å². The molecule has 0 aromatic heterocycles. The Hall–Kier alpha value is -2.00. The molecular weight excluding hydrogens is 262 g/mol. The molecule has 3 rings (SSSR count). The Morgan fingerprint density at radius 3 is 1.81 bits per heavy atom. The molecule has 0 unspecified atom stereocenters. The minimum Gasteiger partial charge on any atom is -0.366 e. The number of nitroso groups, excluding NO2 is 1. The van der Waals surface area contributed by atoms with Crippen LogP contribution < -0.4 is 0 Å². The van der Waals surface area contributed by atoms with E-state index in [2.05, 4.69) is 0 Å². The molecule has 2 aromatic carbocycles. The van der Waals surface area contributed by atoms with Gasteiger partial charge >= 0.3 is 0 Å². The lowest BCUT2D eigenvalue weighted by Gasteiger charge is -2.36. The van der Waals surface area contributed by atoms with E-state index < -0.39 is 11.1 Å². The Morgan fingerprint density at radius 1 is 0.857 bits per heavy atom. The van der Waals surface area contributed by atoms with Crippen molar-refractivity contribution < 1.29 is 9.50 Å². The topological polar surface area (TPSA) is 29.3 Å². The van der Waals surface area contributed by atoms with Crippen molar-refractivity contribution in [3.8, 4) is 0 Å². The summed E-state index contributed by atoms with van der Waals surface area (Å²) in [7, 11) is 0. The van der Waals surface area contributed by atoms with Crippen LogP contribution in [0.25, 0.3) is 0 Å². The molecule has 0 saturated carbocycles. The molecule has 0 atom stereocenters. The first-order valence-corrected chi connectivity index (χ1v) is 7.24. The highest BCUT2D eigenvalue weighted by molar-refractivity contribution is 5.36. The van der Waals surface area contributed by atoms with E-state index in [4.69, 9.17) is 4.74 Å². The highest BCUT2D eigenvalue weighted by atomic mass is 16.5. The fourth-order valence-electron chi connectivity index (χ4n) is 3.08. The van der Waals surface area contributed by atoms with Crippen LogP contribution >= 0.6 is 0 Å². The van der Waals surface area contributed by atoms with E-state index in [0.29, 0.717) is 13.2 Å². The predicted molar refractivity (Wildman–Crippen MR) is 82.2 cm³/mol. The van der Waals surface area contributed by atoms with Gasteiger partial charge in [0.25, 0.3) is 5.54 Å². The second-order valence-corrected chi connectivity index (χ2v) is 6.19. The van der Waals surface area contributed by atoms with Gasteiger partial charge in [-0.2, -0.15) is 0 Å².